The van der Waals surface area contributed by atoms with Crippen molar-refractivity contribution in [3.05, 3.63) is 0 Å². The van der Waals surface area contributed by atoms with Crippen LogP contribution in [0.15, 0.2) is 0 Å². The Kier molecular flexibility index (Phi) is 15.9. The average molecular weight is 159 g/mol. The van der Waals surface area contributed by atoms with Crippen molar-refractivity contribution in [3.8, 4) is 0 Å². The Hall–Kier alpha value is 0.293. The van der Waals surface area contributed by atoms with Crippen LogP contribution in [0.4, 0.5) is 0 Å². The fourth-order valence-corrected chi connectivity index (χ4v) is 0. The summed E-state index contributed by atoms with van der Waals surface area (Å²) in [5, 5.41) is 0. The van der Waals surface area contributed by atoms with Crippen LogP contribution >= 0.6 is 0 Å². The molecule has 0 unspecified atom stereocenters. The summed E-state index contributed by atoms with van der Waals surface area (Å²) in [6.45, 7) is 1.81. The molecule has 0 saturated heterocycles. The molecule has 5 heavy (non-hydrogen) atoms. The Morgan fingerprint density at radius 1 is 1.80 bits per heavy atom. The van der Waals surface area contributed by atoms with E-state index in [0.717, 1.165) is 6.29 Å². The molecule has 32 valence electrons. The molecular weight excluding hydrogens is 153 g/mol. The molecule has 0 aromatic heterocycles. The number of aldehydes is 1. The first kappa shape index (κ1) is 9.00. The minimum atomic E-state index is 0. The summed E-state index contributed by atoms with van der Waals surface area (Å²) >= 11 is 0. The number of hydrogen-bond acceptors (Lipinski definition) is 1. The van der Waals surface area contributed by atoms with Crippen LogP contribution in [0.3, 0.4) is 0 Å². The molecule has 0 aromatic carbocycles. The largest absolute Gasteiger partial charge is 0.303 e. The maximum absolute atomic E-state index is 9.17. The van der Waals surface area contributed by atoms with Crippen LogP contribution in [0.25, 0.3) is 0 Å². The number of carbonyl (C=O) groups is 1. The predicted molar refractivity (Wildman–Crippen MR) is 16.4 cm³/mol. The Morgan fingerprint density at radius 3 is 2.00 bits per heavy atom. The van der Waals surface area contributed by atoms with Crippen LogP contribution in [0.1, 0.15) is 13.3 Å². The van der Waals surface area contributed by atoms with Gasteiger partial charge >= 0.3 is 0 Å². The number of hydrogen-bond donors (Lipinski definition) is 0. The molecule has 0 spiro atoms. The summed E-state index contributed by atoms with van der Waals surface area (Å²) in [6, 6.07) is 0. The van der Waals surface area contributed by atoms with E-state index in [4.69, 9.17) is 0 Å². The molecule has 0 heterocycles. The Morgan fingerprint density at radius 2 is 2.00 bits per heavy atom. The Bertz CT molecular complexity index is 20.9. The minimum Gasteiger partial charge on any atom is -0.303 e. The second kappa shape index (κ2) is 8.85. The molecule has 2 heteroatoms. The number of rotatable bonds is 1. The molecule has 1 nitrogen and oxygen atoms in total. The van der Waals surface area contributed by atoms with Gasteiger partial charge in [-0.2, -0.15) is 0 Å². The third-order valence-electron chi connectivity index (χ3n) is 0.167. The van der Waals surface area contributed by atoms with Gasteiger partial charge in [0.1, 0.15) is 6.29 Å². The van der Waals surface area contributed by atoms with Crippen molar-refractivity contribution in [1.29, 1.82) is 0 Å². The van der Waals surface area contributed by atoms with Crippen LogP contribution in [-0.4, -0.2) is 6.29 Å². The summed E-state index contributed by atoms with van der Waals surface area (Å²) in [4.78, 5) is 9.17. The normalized spacial score (nSPS) is 5.00. The second-order valence-electron chi connectivity index (χ2n) is 0.575. The fourth-order valence-electron chi connectivity index (χ4n) is 0. The number of carbonyl (C=O) groups excluding carboxylic acids is 1. The first-order valence-electron chi connectivity index (χ1n) is 1.35. The molecule has 0 aliphatic rings. The van der Waals surface area contributed by atoms with Gasteiger partial charge in [-0.25, -0.2) is 0 Å². The molecule has 0 saturated carbocycles. The second-order valence-corrected chi connectivity index (χ2v) is 0.575. The van der Waals surface area contributed by atoms with Crippen molar-refractivity contribution in [2.75, 3.05) is 0 Å². The SMILES string of the molecule is CCC=O.[Ru]. The summed E-state index contributed by atoms with van der Waals surface area (Å²) in [6.07, 6.45) is 1.51. The maximum Gasteiger partial charge on any atom is 0.119 e. The van der Waals surface area contributed by atoms with Crippen molar-refractivity contribution < 1.29 is 24.3 Å². The van der Waals surface area contributed by atoms with E-state index in [1.807, 2.05) is 6.92 Å². The quantitative estimate of drug-likeness (QED) is 0.404. The van der Waals surface area contributed by atoms with Crippen LogP contribution in [0.2, 0.25) is 0 Å². The molecule has 0 fully saturated rings. The van der Waals surface area contributed by atoms with E-state index in [1.165, 1.54) is 0 Å². The van der Waals surface area contributed by atoms with E-state index < -0.39 is 0 Å². The average Bonchev–Trinajstić information content (AvgIpc) is 1.37. The molecule has 0 N–H and O–H groups in total. The van der Waals surface area contributed by atoms with E-state index >= 15 is 0 Å². The molecule has 0 aromatic rings. The molecule has 0 bridgehead atoms. The topological polar surface area (TPSA) is 17.1 Å². The van der Waals surface area contributed by atoms with Crippen LogP contribution in [0.5, 0.6) is 0 Å². The molecular formula is C3H6ORu. The van der Waals surface area contributed by atoms with Gasteiger partial charge in [-0.15, -0.1) is 0 Å². The first-order chi connectivity index (χ1) is 1.91. The zero-order valence-corrected chi connectivity index (χ0v) is 4.78. The molecule has 0 radical (unpaired) electrons. The van der Waals surface area contributed by atoms with E-state index in [0.29, 0.717) is 6.42 Å². The summed E-state index contributed by atoms with van der Waals surface area (Å²) in [7, 11) is 0. The standard InChI is InChI=1S/C3H6O.Ru/c1-2-3-4;/h3H,2H2,1H3;. The predicted octanol–water partition coefficient (Wildman–Crippen LogP) is 0.593. The molecule has 0 aliphatic heterocycles. The van der Waals surface area contributed by atoms with E-state index in [-0.39, 0.29) is 19.5 Å². The fraction of sp³-hybridized carbons (Fsp3) is 0.667. The zero-order valence-electron chi connectivity index (χ0n) is 3.05. The van der Waals surface area contributed by atoms with Gasteiger partial charge in [0.15, 0.2) is 0 Å². The third kappa shape index (κ3) is 13.5. The van der Waals surface area contributed by atoms with Crippen molar-refractivity contribution in [3.63, 3.8) is 0 Å². The molecule has 0 rings (SSSR count). The van der Waals surface area contributed by atoms with E-state index in [9.17, 15) is 4.79 Å². The summed E-state index contributed by atoms with van der Waals surface area (Å²) in [5.74, 6) is 0. The first-order valence-corrected chi connectivity index (χ1v) is 1.35. The minimum absolute atomic E-state index is 0. The van der Waals surface area contributed by atoms with Crippen LogP contribution in [-0.2, 0) is 24.3 Å². The maximum atomic E-state index is 9.17. The van der Waals surface area contributed by atoms with Gasteiger partial charge in [-0.05, 0) is 0 Å². The van der Waals surface area contributed by atoms with Gasteiger partial charge in [-0.3, -0.25) is 0 Å². The molecule has 0 atom stereocenters. The summed E-state index contributed by atoms with van der Waals surface area (Å²) in [5.41, 5.74) is 0. The van der Waals surface area contributed by atoms with Gasteiger partial charge in [-0.1, -0.05) is 6.92 Å². The van der Waals surface area contributed by atoms with Crippen LogP contribution in [0, 0.1) is 0 Å². The van der Waals surface area contributed by atoms with Gasteiger partial charge in [0.2, 0.25) is 0 Å². The van der Waals surface area contributed by atoms with Crippen molar-refractivity contribution in [1.82, 2.24) is 0 Å². The monoisotopic (exact) mass is 160 g/mol. The van der Waals surface area contributed by atoms with Crippen LogP contribution < -0.4 is 0 Å². The third-order valence-corrected chi connectivity index (χ3v) is 0.167. The van der Waals surface area contributed by atoms with Crippen molar-refractivity contribution in [2.24, 2.45) is 0 Å². The van der Waals surface area contributed by atoms with Gasteiger partial charge in [0, 0.05) is 25.9 Å². The zero-order chi connectivity index (χ0) is 3.41. The van der Waals surface area contributed by atoms with Crippen molar-refractivity contribution in [2.45, 2.75) is 13.3 Å². The van der Waals surface area contributed by atoms with Gasteiger partial charge < -0.3 is 4.79 Å². The summed E-state index contributed by atoms with van der Waals surface area (Å²) < 4.78 is 0. The van der Waals surface area contributed by atoms with Gasteiger partial charge in [0.25, 0.3) is 0 Å². The Balaban J connectivity index is 0. The van der Waals surface area contributed by atoms with Gasteiger partial charge in [0.05, 0.1) is 0 Å². The van der Waals surface area contributed by atoms with Crippen molar-refractivity contribution >= 4 is 6.29 Å². The molecule has 0 amide bonds. The smallest absolute Gasteiger partial charge is 0.119 e. The van der Waals surface area contributed by atoms with E-state index in [1.54, 1.807) is 0 Å². The molecule has 0 aliphatic carbocycles. The van der Waals surface area contributed by atoms with E-state index in [2.05, 4.69) is 0 Å². The Labute approximate surface area is 44.5 Å².